The highest BCUT2D eigenvalue weighted by Gasteiger charge is 2.38. The van der Waals surface area contributed by atoms with Crippen LogP contribution in [0, 0.1) is 12.3 Å². The van der Waals surface area contributed by atoms with Gasteiger partial charge >= 0.3 is 12.1 Å². The maximum atomic E-state index is 10.6. The number of aromatic amines is 1. The van der Waals surface area contributed by atoms with Crippen molar-refractivity contribution in [1.82, 2.24) is 24.7 Å². The van der Waals surface area contributed by atoms with Crippen molar-refractivity contribution in [2.45, 2.75) is 32.0 Å². The number of rotatable bonds is 4. The Morgan fingerprint density at radius 2 is 2.15 bits per heavy atom. The maximum absolute atomic E-state index is 10.6. The number of terminal acetylenes is 1. The van der Waals surface area contributed by atoms with Gasteiger partial charge in [-0.05, 0) is 12.5 Å². The number of halogens is 3. The van der Waals surface area contributed by atoms with E-state index in [0.717, 1.165) is 28.7 Å². The van der Waals surface area contributed by atoms with Crippen molar-refractivity contribution in [3.8, 4) is 23.6 Å². The van der Waals surface area contributed by atoms with Crippen LogP contribution >= 0.6 is 0 Å². The third kappa shape index (κ3) is 4.84. The summed E-state index contributed by atoms with van der Waals surface area (Å²) in [5, 5.41) is 12.5. The molecule has 0 aliphatic carbocycles. The van der Waals surface area contributed by atoms with Crippen LogP contribution in [0.15, 0.2) is 31.0 Å². The van der Waals surface area contributed by atoms with Crippen molar-refractivity contribution in [3.05, 3.63) is 31.0 Å². The largest absolute Gasteiger partial charge is 0.490 e. The van der Waals surface area contributed by atoms with E-state index in [-0.39, 0.29) is 6.04 Å². The fourth-order valence-electron chi connectivity index (χ4n) is 2.32. The van der Waals surface area contributed by atoms with Crippen LogP contribution in [0.1, 0.15) is 25.8 Å². The van der Waals surface area contributed by atoms with Gasteiger partial charge in [0.1, 0.15) is 12.0 Å². The number of nitrogens with one attached hydrogen (secondary N) is 1. The molecular weight excluding hydrogens is 363 g/mol. The molecule has 0 bridgehead atoms. The summed E-state index contributed by atoms with van der Waals surface area (Å²) in [5.74, 6) is -0.0567. The van der Waals surface area contributed by atoms with Crippen molar-refractivity contribution < 1.29 is 23.1 Å². The van der Waals surface area contributed by atoms with E-state index in [2.05, 4.69) is 32.9 Å². The molecule has 0 amide bonds. The topological polar surface area (TPSA) is 96.7 Å². The van der Waals surface area contributed by atoms with Gasteiger partial charge in [0.15, 0.2) is 0 Å². The van der Waals surface area contributed by atoms with Crippen LogP contribution in [0.2, 0.25) is 0 Å². The first-order valence-corrected chi connectivity index (χ1v) is 7.84. The van der Waals surface area contributed by atoms with Crippen molar-refractivity contribution >= 4 is 17.0 Å². The van der Waals surface area contributed by atoms with E-state index in [1.165, 1.54) is 0 Å². The van der Waals surface area contributed by atoms with Gasteiger partial charge in [0.25, 0.3) is 0 Å². The summed E-state index contributed by atoms with van der Waals surface area (Å²) < 4.78 is 33.7. The average Bonchev–Trinajstić information content (AvgIpc) is 3.28. The van der Waals surface area contributed by atoms with Crippen LogP contribution in [0.4, 0.5) is 13.2 Å². The molecule has 2 N–H and O–H groups in total. The number of aliphatic carboxylic acids is 1. The van der Waals surface area contributed by atoms with Crippen molar-refractivity contribution in [2.24, 2.45) is 0 Å². The minimum absolute atomic E-state index is 0.234. The highest BCUT2D eigenvalue weighted by atomic mass is 19.4. The lowest BCUT2D eigenvalue weighted by Crippen LogP contribution is -2.21. The number of hydrogen-bond donors (Lipinski definition) is 2. The summed E-state index contributed by atoms with van der Waals surface area (Å²) >= 11 is 0. The molecule has 27 heavy (non-hydrogen) atoms. The molecular formula is C17H16F3N5O2. The normalized spacial score (nSPS) is 12.1. The molecule has 0 fully saturated rings. The standard InChI is InChI=1S/C15H15N5.C2HF3O2/c1-3-5-12(4-2)20-9-11(8-19-20)14-13-6-7-16-15(13)18-10-17-14;3-2(4,5)1(6)7/h1,6-10,12H,4-5H2,2H3,(H,16,17,18);(H,6,7). The number of carbonyl (C=O) groups is 1. The molecule has 7 nitrogen and oxygen atoms in total. The number of alkyl halides is 3. The number of aromatic nitrogens is 5. The highest BCUT2D eigenvalue weighted by molar-refractivity contribution is 5.89. The molecule has 0 saturated carbocycles. The van der Waals surface area contributed by atoms with Crippen LogP contribution in [-0.4, -0.2) is 42.0 Å². The third-order valence-corrected chi connectivity index (χ3v) is 3.67. The first-order valence-electron chi connectivity index (χ1n) is 7.84. The number of hydrogen-bond acceptors (Lipinski definition) is 4. The molecule has 1 unspecified atom stereocenters. The zero-order valence-electron chi connectivity index (χ0n) is 14.2. The molecule has 10 heteroatoms. The molecule has 3 heterocycles. The molecule has 0 aliphatic heterocycles. The second-order valence-electron chi connectivity index (χ2n) is 5.44. The molecule has 3 aromatic heterocycles. The Kier molecular flexibility index (Phi) is 6.18. The van der Waals surface area contributed by atoms with Crippen molar-refractivity contribution in [1.29, 1.82) is 0 Å². The van der Waals surface area contributed by atoms with Crippen LogP contribution in [0.3, 0.4) is 0 Å². The fraction of sp³-hybridized carbons (Fsp3) is 0.294. The molecule has 0 spiro atoms. The number of fused-ring (bicyclic) bond motifs is 1. The van der Waals surface area contributed by atoms with Crippen molar-refractivity contribution in [3.63, 3.8) is 0 Å². The van der Waals surface area contributed by atoms with E-state index >= 15 is 0 Å². The molecule has 0 radical (unpaired) electrons. The smallest absolute Gasteiger partial charge is 0.475 e. The van der Waals surface area contributed by atoms with Gasteiger partial charge < -0.3 is 10.1 Å². The molecule has 1 atom stereocenters. The van der Waals surface area contributed by atoms with Crippen LogP contribution in [0.5, 0.6) is 0 Å². The van der Waals surface area contributed by atoms with E-state index in [9.17, 15) is 13.2 Å². The molecule has 0 aliphatic rings. The van der Waals surface area contributed by atoms with E-state index in [1.807, 2.05) is 29.3 Å². The zero-order valence-corrected chi connectivity index (χ0v) is 14.2. The van der Waals surface area contributed by atoms with Crippen molar-refractivity contribution in [2.75, 3.05) is 0 Å². The molecule has 3 aromatic rings. The highest BCUT2D eigenvalue weighted by Crippen LogP contribution is 2.25. The summed E-state index contributed by atoms with van der Waals surface area (Å²) in [5.41, 5.74) is 2.70. The SMILES string of the molecule is C#CCC(CC)n1cc(-c2ncnc3[nH]ccc23)cn1.O=C(O)C(F)(F)F. The third-order valence-electron chi connectivity index (χ3n) is 3.67. The summed E-state index contributed by atoms with van der Waals surface area (Å²) in [7, 11) is 0. The fourth-order valence-corrected chi connectivity index (χ4v) is 2.32. The van der Waals surface area contributed by atoms with Gasteiger partial charge in [-0.2, -0.15) is 18.3 Å². The lowest BCUT2D eigenvalue weighted by atomic mass is 10.1. The predicted octanol–water partition coefficient (Wildman–Crippen LogP) is 3.43. The molecule has 0 aromatic carbocycles. The molecule has 142 valence electrons. The Labute approximate surface area is 152 Å². The Hall–Kier alpha value is -3.35. The first kappa shape index (κ1) is 20.0. The summed E-state index contributed by atoms with van der Waals surface area (Å²) in [4.78, 5) is 20.5. The predicted molar refractivity (Wildman–Crippen MR) is 91.6 cm³/mol. The summed E-state index contributed by atoms with van der Waals surface area (Å²) in [6.45, 7) is 2.11. The minimum Gasteiger partial charge on any atom is -0.475 e. The second-order valence-corrected chi connectivity index (χ2v) is 5.44. The summed E-state index contributed by atoms with van der Waals surface area (Å²) in [6, 6.07) is 2.21. The Morgan fingerprint density at radius 1 is 1.44 bits per heavy atom. The lowest BCUT2D eigenvalue weighted by molar-refractivity contribution is -0.192. The second kappa shape index (κ2) is 8.35. The maximum Gasteiger partial charge on any atom is 0.490 e. The molecule has 0 saturated heterocycles. The number of H-pyrrole nitrogens is 1. The van der Waals surface area contributed by atoms with Gasteiger partial charge in [-0.3, -0.25) is 4.68 Å². The monoisotopic (exact) mass is 379 g/mol. The Morgan fingerprint density at radius 3 is 2.74 bits per heavy atom. The Bertz CT molecular complexity index is 955. The first-order chi connectivity index (χ1) is 12.8. The van der Waals surface area contributed by atoms with E-state index in [4.69, 9.17) is 16.3 Å². The zero-order chi connectivity index (χ0) is 20.0. The minimum atomic E-state index is -5.08. The van der Waals surface area contributed by atoms with Gasteiger partial charge in [0.2, 0.25) is 0 Å². The quantitative estimate of drug-likeness (QED) is 0.677. The number of carboxylic acids is 1. The van der Waals surface area contributed by atoms with Gasteiger partial charge in [0.05, 0.1) is 17.9 Å². The molecule has 3 rings (SSSR count). The van der Waals surface area contributed by atoms with Gasteiger partial charge in [-0.15, -0.1) is 12.3 Å². The summed E-state index contributed by atoms with van der Waals surface area (Å²) in [6.07, 6.45) is 9.21. The number of nitrogens with zero attached hydrogens (tertiary/aromatic N) is 4. The Balaban J connectivity index is 0.000000321. The van der Waals surface area contributed by atoms with Gasteiger partial charge in [0, 0.05) is 29.8 Å². The van der Waals surface area contributed by atoms with Crippen LogP contribution in [-0.2, 0) is 4.79 Å². The van der Waals surface area contributed by atoms with Crippen LogP contribution in [0.25, 0.3) is 22.3 Å². The number of carboxylic acid groups (broad SMARTS) is 1. The van der Waals surface area contributed by atoms with Gasteiger partial charge in [-0.1, -0.05) is 6.92 Å². The van der Waals surface area contributed by atoms with Gasteiger partial charge in [-0.25, -0.2) is 14.8 Å². The van der Waals surface area contributed by atoms with E-state index in [0.29, 0.717) is 6.42 Å². The van der Waals surface area contributed by atoms with Crippen LogP contribution < -0.4 is 0 Å². The lowest BCUT2D eigenvalue weighted by Gasteiger charge is -2.11. The average molecular weight is 379 g/mol. The van der Waals surface area contributed by atoms with E-state index in [1.54, 1.807) is 6.33 Å². The van der Waals surface area contributed by atoms with E-state index < -0.39 is 12.1 Å².